The lowest BCUT2D eigenvalue weighted by Crippen LogP contribution is -2.16. The van der Waals surface area contributed by atoms with Crippen LogP contribution in [0.3, 0.4) is 0 Å². The van der Waals surface area contributed by atoms with Crippen LogP contribution in [0.4, 0.5) is 0 Å². The Morgan fingerprint density at radius 1 is 1.11 bits per heavy atom. The molecule has 0 aliphatic heterocycles. The highest BCUT2D eigenvalue weighted by Crippen LogP contribution is 2.30. The molecule has 0 saturated carbocycles. The van der Waals surface area contributed by atoms with Gasteiger partial charge in [-0.05, 0) is 24.6 Å². The number of hydrogen-bond acceptors (Lipinski definition) is 5. The highest BCUT2D eigenvalue weighted by atomic mass is 16.5. The van der Waals surface area contributed by atoms with Crippen molar-refractivity contribution in [2.45, 2.75) is 13.0 Å². The van der Waals surface area contributed by atoms with Crippen LogP contribution in [0.2, 0.25) is 0 Å². The van der Waals surface area contributed by atoms with Crippen molar-refractivity contribution in [1.82, 2.24) is 9.97 Å². The number of aryl methyl sites for hydroxylation is 1. The van der Waals surface area contributed by atoms with Crippen LogP contribution in [0.25, 0.3) is 0 Å². The fraction of sp³-hybridized carbons (Fsp3) is 0.286. The number of methoxy groups -OCH3 is 2. The third-order valence-electron chi connectivity index (χ3n) is 2.85. The molecule has 0 aliphatic carbocycles. The van der Waals surface area contributed by atoms with Gasteiger partial charge in [-0.2, -0.15) is 0 Å². The molecule has 100 valence electrons. The van der Waals surface area contributed by atoms with Crippen LogP contribution >= 0.6 is 0 Å². The van der Waals surface area contributed by atoms with E-state index in [-0.39, 0.29) is 0 Å². The molecule has 0 radical (unpaired) electrons. The van der Waals surface area contributed by atoms with Gasteiger partial charge in [0.05, 0.1) is 20.3 Å². The summed E-state index contributed by atoms with van der Waals surface area (Å²) in [6.45, 7) is 1.93. The number of rotatable bonds is 4. The lowest BCUT2D eigenvalue weighted by atomic mass is 10.1. The molecule has 1 heterocycles. The summed E-state index contributed by atoms with van der Waals surface area (Å²) in [4.78, 5) is 8.50. The molecule has 0 amide bonds. The number of nitrogens with zero attached hydrogens (tertiary/aromatic N) is 2. The van der Waals surface area contributed by atoms with Gasteiger partial charge in [0.25, 0.3) is 0 Å². The van der Waals surface area contributed by atoms with E-state index < -0.39 is 6.04 Å². The molecule has 2 aromatic rings. The second-order valence-electron chi connectivity index (χ2n) is 4.20. The normalized spacial score (nSPS) is 12.0. The molecular formula is C14H17N3O2. The highest BCUT2D eigenvalue weighted by molar-refractivity contribution is 5.44. The van der Waals surface area contributed by atoms with E-state index >= 15 is 0 Å². The molecule has 5 nitrogen and oxygen atoms in total. The molecule has 1 unspecified atom stereocenters. The second-order valence-corrected chi connectivity index (χ2v) is 4.20. The average Bonchev–Trinajstić information content (AvgIpc) is 2.46. The molecule has 1 aromatic heterocycles. The maximum Gasteiger partial charge on any atom is 0.149 e. The summed E-state index contributed by atoms with van der Waals surface area (Å²) in [5, 5.41) is 0. The number of hydrogen-bond donors (Lipinski definition) is 1. The molecule has 2 N–H and O–H groups in total. The molecular weight excluding hydrogens is 242 g/mol. The zero-order valence-corrected chi connectivity index (χ0v) is 11.3. The number of benzene rings is 1. The minimum absolute atomic E-state index is 0.429. The smallest absolute Gasteiger partial charge is 0.149 e. The van der Waals surface area contributed by atoms with Crippen LogP contribution in [0.15, 0.2) is 30.6 Å². The Bertz CT molecular complexity index is 555. The summed E-state index contributed by atoms with van der Waals surface area (Å²) in [5.41, 5.74) is 8.01. The number of aromatic nitrogens is 2. The van der Waals surface area contributed by atoms with Crippen LogP contribution in [-0.2, 0) is 0 Å². The fourth-order valence-electron chi connectivity index (χ4n) is 1.78. The van der Waals surface area contributed by atoms with Crippen LogP contribution in [0.1, 0.15) is 23.0 Å². The largest absolute Gasteiger partial charge is 0.497 e. The minimum Gasteiger partial charge on any atom is -0.497 e. The number of ether oxygens (including phenoxy) is 2. The summed E-state index contributed by atoms with van der Waals surface area (Å²) in [6.07, 6.45) is 3.50. The van der Waals surface area contributed by atoms with Crippen LogP contribution < -0.4 is 15.2 Å². The van der Waals surface area contributed by atoms with Crippen molar-refractivity contribution < 1.29 is 9.47 Å². The van der Waals surface area contributed by atoms with E-state index in [4.69, 9.17) is 15.2 Å². The van der Waals surface area contributed by atoms with Gasteiger partial charge in [0.2, 0.25) is 0 Å². The van der Waals surface area contributed by atoms with Crippen molar-refractivity contribution in [2.75, 3.05) is 14.2 Å². The van der Waals surface area contributed by atoms with E-state index in [1.165, 1.54) is 0 Å². The summed E-state index contributed by atoms with van der Waals surface area (Å²) in [7, 11) is 3.21. The fourth-order valence-corrected chi connectivity index (χ4v) is 1.78. The maximum atomic E-state index is 6.19. The van der Waals surface area contributed by atoms with Gasteiger partial charge < -0.3 is 15.2 Å². The second kappa shape index (κ2) is 5.67. The maximum absolute atomic E-state index is 6.19. The first-order valence-corrected chi connectivity index (χ1v) is 5.91. The first kappa shape index (κ1) is 13.3. The van der Waals surface area contributed by atoms with E-state index in [9.17, 15) is 0 Å². The Kier molecular flexibility index (Phi) is 3.97. The van der Waals surface area contributed by atoms with Crippen LogP contribution in [0.5, 0.6) is 11.5 Å². The molecule has 0 saturated heterocycles. The highest BCUT2D eigenvalue weighted by Gasteiger charge is 2.17. The van der Waals surface area contributed by atoms with Crippen LogP contribution in [0, 0.1) is 6.92 Å². The monoisotopic (exact) mass is 259 g/mol. The standard InChI is InChI=1S/C14H17N3O2/c1-9-7-16-14(17-8-9)13(15)11-5-4-10(18-2)6-12(11)19-3/h4-8,13H,15H2,1-3H3. The Labute approximate surface area is 112 Å². The Morgan fingerprint density at radius 3 is 2.37 bits per heavy atom. The Balaban J connectivity index is 2.37. The van der Waals surface area contributed by atoms with Crippen molar-refractivity contribution in [1.29, 1.82) is 0 Å². The summed E-state index contributed by atoms with van der Waals surface area (Å²) >= 11 is 0. The Morgan fingerprint density at radius 2 is 1.79 bits per heavy atom. The van der Waals surface area contributed by atoms with Crippen molar-refractivity contribution >= 4 is 0 Å². The van der Waals surface area contributed by atoms with E-state index in [1.54, 1.807) is 32.7 Å². The molecule has 0 spiro atoms. The first-order valence-electron chi connectivity index (χ1n) is 5.91. The lowest BCUT2D eigenvalue weighted by molar-refractivity contribution is 0.389. The zero-order chi connectivity index (χ0) is 13.8. The van der Waals surface area contributed by atoms with E-state index in [0.29, 0.717) is 11.6 Å². The molecule has 2 rings (SSSR count). The van der Waals surface area contributed by atoms with Crippen molar-refractivity contribution in [3.63, 3.8) is 0 Å². The molecule has 0 bridgehead atoms. The zero-order valence-electron chi connectivity index (χ0n) is 11.3. The predicted molar refractivity (Wildman–Crippen MR) is 72.3 cm³/mol. The number of nitrogens with two attached hydrogens (primary N) is 1. The van der Waals surface area contributed by atoms with Crippen molar-refractivity contribution in [2.24, 2.45) is 5.73 Å². The summed E-state index contributed by atoms with van der Waals surface area (Å²) < 4.78 is 10.5. The first-order chi connectivity index (χ1) is 9.15. The third-order valence-corrected chi connectivity index (χ3v) is 2.85. The lowest BCUT2D eigenvalue weighted by Gasteiger charge is -2.15. The SMILES string of the molecule is COc1ccc(C(N)c2ncc(C)cn2)c(OC)c1. The van der Waals surface area contributed by atoms with E-state index in [0.717, 1.165) is 16.9 Å². The topological polar surface area (TPSA) is 70.3 Å². The van der Waals surface area contributed by atoms with Gasteiger partial charge in [-0.25, -0.2) is 9.97 Å². The van der Waals surface area contributed by atoms with Crippen molar-refractivity contribution in [3.8, 4) is 11.5 Å². The van der Waals surface area contributed by atoms with Gasteiger partial charge >= 0.3 is 0 Å². The third kappa shape index (κ3) is 2.82. The van der Waals surface area contributed by atoms with Gasteiger partial charge in [-0.3, -0.25) is 0 Å². The summed E-state index contributed by atoms with van der Waals surface area (Å²) in [6, 6.07) is 5.07. The quantitative estimate of drug-likeness (QED) is 0.907. The molecule has 1 aromatic carbocycles. The van der Waals surface area contributed by atoms with Gasteiger partial charge in [0.1, 0.15) is 17.3 Å². The Hall–Kier alpha value is -2.14. The molecule has 5 heteroatoms. The van der Waals surface area contributed by atoms with Crippen molar-refractivity contribution in [3.05, 3.63) is 47.5 Å². The molecule has 19 heavy (non-hydrogen) atoms. The van der Waals surface area contributed by atoms with E-state index in [1.807, 2.05) is 19.1 Å². The van der Waals surface area contributed by atoms with Gasteiger partial charge in [0.15, 0.2) is 0 Å². The van der Waals surface area contributed by atoms with Gasteiger partial charge in [-0.15, -0.1) is 0 Å². The molecule has 0 fully saturated rings. The van der Waals surface area contributed by atoms with E-state index in [2.05, 4.69) is 9.97 Å². The van der Waals surface area contributed by atoms with Crippen LogP contribution in [-0.4, -0.2) is 24.2 Å². The molecule has 0 aliphatic rings. The van der Waals surface area contributed by atoms with Gasteiger partial charge in [-0.1, -0.05) is 0 Å². The average molecular weight is 259 g/mol. The molecule has 1 atom stereocenters. The van der Waals surface area contributed by atoms with Gasteiger partial charge in [0, 0.05) is 24.0 Å². The minimum atomic E-state index is -0.429. The predicted octanol–water partition coefficient (Wildman–Crippen LogP) is 1.85. The summed E-state index contributed by atoms with van der Waals surface area (Å²) in [5.74, 6) is 1.95.